The van der Waals surface area contributed by atoms with Crippen molar-refractivity contribution in [2.75, 3.05) is 57.4 Å². The summed E-state index contributed by atoms with van der Waals surface area (Å²) in [6.07, 6.45) is 2.80. The Morgan fingerprint density at radius 3 is 2.73 bits per heavy atom. The number of thiophene rings is 1. The summed E-state index contributed by atoms with van der Waals surface area (Å²) in [5.74, 6) is 1.62. The quantitative estimate of drug-likeness (QED) is 0.356. The van der Waals surface area contributed by atoms with Crippen molar-refractivity contribution in [1.82, 2.24) is 29.4 Å². The predicted molar refractivity (Wildman–Crippen MR) is 143 cm³/mol. The lowest BCUT2D eigenvalue weighted by molar-refractivity contribution is -0.132. The molecule has 2 aliphatic heterocycles. The van der Waals surface area contributed by atoms with Gasteiger partial charge in [-0.15, -0.1) is 11.3 Å². The van der Waals surface area contributed by atoms with Crippen molar-refractivity contribution in [3.8, 4) is 11.4 Å². The standard InChI is InChI=1S/C24H27N7O4S2/c32-21(29-6-8-31(9-7-29)37(33)34)5-4-16-14-20-22(36-16)24(30-10-12-35-13-11-30)27-23(26-20)17-2-1-3-19-18(17)15-25-28-19/h1-3,14-15H,4-13H2,(H,25,28)(H,33,34). The number of benzene rings is 1. The number of carbonyl (C=O) groups excluding carboxylic acids is 1. The molecule has 2 fully saturated rings. The van der Waals surface area contributed by atoms with E-state index in [0.29, 0.717) is 58.1 Å². The van der Waals surface area contributed by atoms with E-state index >= 15 is 0 Å². The third-order valence-electron chi connectivity index (χ3n) is 6.84. The van der Waals surface area contributed by atoms with E-state index in [2.05, 4.69) is 21.2 Å². The van der Waals surface area contributed by atoms with Gasteiger partial charge in [0.05, 0.1) is 35.1 Å². The highest BCUT2D eigenvalue weighted by Crippen LogP contribution is 2.36. The van der Waals surface area contributed by atoms with Crippen LogP contribution in [0.5, 0.6) is 0 Å². The largest absolute Gasteiger partial charge is 0.378 e. The van der Waals surface area contributed by atoms with Gasteiger partial charge in [-0.1, -0.05) is 12.1 Å². The van der Waals surface area contributed by atoms with E-state index in [9.17, 15) is 13.6 Å². The molecule has 0 spiro atoms. The molecule has 0 bridgehead atoms. The van der Waals surface area contributed by atoms with Crippen LogP contribution in [-0.2, 0) is 27.2 Å². The van der Waals surface area contributed by atoms with Gasteiger partial charge in [-0.05, 0) is 18.6 Å². The van der Waals surface area contributed by atoms with Crippen LogP contribution in [0.15, 0.2) is 30.5 Å². The van der Waals surface area contributed by atoms with Crippen LogP contribution in [0.2, 0.25) is 0 Å². The van der Waals surface area contributed by atoms with Gasteiger partial charge in [0, 0.05) is 61.5 Å². The highest BCUT2D eigenvalue weighted by Gasteiger charge is 2.24. The summed E-state index contributed by atoms with van der Waals surface area (Å²) in [6.45, 7) is 4.57. The zero-order valence-electron chi connectivity index (χ0n) is 20.1. The maximum atomic E-state index is 12.8. The van der Waals surface area contributed by atoms with Crippen molar-refractivity contribution in [3.05, 3.63) is 35.3 Å². The molecule has 0 saturated carbocycles. The molecular formula is C24H27N7O4S2. The van der Waals surface area contributed by atoms with Gasteiger partial charge in [-0.25, -0.2) is 14.2 Å². The molecule has 6 rings (SSSR count). The Morgan fingerprint density at radius 2 is 1.95 bits per heavy atom. The van der Waals surface area contributed by atoms with Crippen molar-refractivity contribution in [3.63, 3.8) is 0 Å². The molecule has 37 heavy (non-hydrogen) atoms. The molecule has 11 nitrogen and oxygen atoms in total. The van der Waals surface area contributed by atoms with E-state index < -0.39 is 11.3 Å². The molecule has 0 radical (unpaired) electrons. The van der Waals surface area contributed by atoms with Gasteiger partial charge < -0.3 is 14.5 Å². The number of H-pyrrole nitrogens is 1. The molecule has 1 aromatic carbocycles. The average Bonchev–Trinajstić information content (AvgIpc) is 3.58. The van der Waals surface area contributed by atoms with E-state index in [1.54, 1.807) is 22.4 Å². The summed E-state index contributed by atoms with van der Waals surface area (Å²) in [5, 5.41) is 8.17. The normalized spacial score (nSPS) is 18.1. The fourth-order valence-corrected chi connectivity index (χ4v) is 6.43. The lowest BCUT2D eigenvalue weighted by Crippen LogP contribution is -2.49. The lowest BCUT2D eigenvalue weighted by atomic mass is 10.1. The van der Waals surface area contributed by atoms with Crippen molar-refractivity contribution in [2.45, 2.75) is 12.8 Å². The lowest BCUT2D eigenvalue weighted by Gasteiger charge is -2.32. The number of morpholine rings is 1. The topological polar surface area (TPSA) is 128 Å². The fraction of sp³-hybridized carbons (Fsp3) is 0.417. The fourth-order valence-electron chi connectivity index (χ4n) is 4.84. The zero-order chi connectivity index (χ0) is 25.4. The minimum atomic E-state index is -1.98. The number of aryl methyl sites for hydroxylation is 1. The van der Waals surface area contributed by atoms with Gasteiger partial charge in [-0.2, -0.15) is 9.40 Å². The first-order chi connectivity index (χ1) is 18.1. The molecule has 13 heteroatoms. The molecule has 3 aromatic heterocycles. The van der Waals surface area contributed by atoms with E-state index in [0.717, 1.165) is 50.5 Å². The van der Waals surface area contributed by atoms with Crippen molar-refractivity contribution in [1.29, 1.82) is 0 Å². The van der Waals surface area contributed by atoms with Gasteiger partial charge in [-0.3, -0.25) is 14.4 Å². The molecule has 1 unspecified atom stereocenters. The number of aromatic nitrogens is 4. The smallest absolute Gasteiger partial charge is 0.234 e. The van der Waals surface area contributed by atoms with Gasteiger partial charge in [0.25, 0.3) is 0 Å². The number of piperazine rings is 1. The summed E-state index contributed by atoms with van der Waals surface area (Å²) in [5.41, 5.74) is 2.73. The molecule has 2 saturated heterocycles. The van der Waals surface area contributed by atoms with Crippen molar-refractivity contribution >= 4 is 55.4 Å². The molecule has 5 heterocycles. The summed E-state index contributed by atoms with van der Waals surface area (Å²) in [7, 11) is 0. The first-order valence-electron chi connectivity index (χ1n) is 12.3. The zero-order valence-corrected chi connectivity index (χ0v) is 21.8. The predicted octanol–water partition coefficient (Wildman–Crippen LogP) is 2.28. The van der Waals surface area contributed by atoms with Crippen LogP contribution in [0.4, 0.5) is 5.82 Å². The van der Waals surface area contributed by atoms with E-state index in [4.69, 9.17) is 14.7 Å². The van der Waals surface area contributed by atoms with Crippen molar-refractivity contribution in [2.24, 2.45) is 0 Å². The minimum absolute atomic E-state index is 0.0626. The van der Waals surface area contributed by atoms with E-state index in [1.165, 1.54) is 4.31 Å². The second kappa shape index (κ2) is 10.4. The Bertz CT molecular complexity index is 1460. The summed E-state index contributed by atoms with van der Waals surface area (Å²) >= 11 is -0.340. The minimum Gasteiger partial charge on any atom is -0.378 e. The first kappa shape index (κ1) is 24.4. The molecule has 194 valence electrons. The van der Waals surface area contributed by atoms with Crippen LogP contribution in [0.1, 0.15) is 11.3 Å². The average molecular weight is 542 g/mol. The number of anilines is 1. The summed E-state index contributed by atoms with van der Waals surface area (Å²) in [4.78, 5) is 27.9. The van der Waals surface area contributed by atoms with E-state index in [1.807, 2.05) is 18.2 Å². The molecule has 1 atom stereocenters. The van der Waals surface area contributed by atoms with Crippen LogP contribution in [0.25, 0.3) is 32.5 Å². The highest BCUT2D eigenvalue weighted by atomic mass is 32.2. The van der Waals surface area contributed by atoms with Crippen LogP contribution >= 0.6 is 11.3 Å². The summed E-state index contributed by atoms with van der Waals surface area (Å²) < 4.78 is 28.5. The van der Waals surface area contributed by atoms with Crippen LogP contribution < -0.4 is 4.90 Å². The third-order valence-corrected chi connectivity index (χ3v) is 8.83. The Balaban J connectivity index is 1.27. The molecular weight excluding hydrogens is 514 g/mol. The summed E-state index contributed by atoms with van der Waals surface area (Å²) in [6, 6.07) is 8.04. The Labute approximate surface area is 219 Å². The molecule has 2 aliphatic rings. The van der Waals surface area contributed by atoms with Crippen LogP contribution in [-0.4, -0.2) is 96.5 Å². The number of fused-ring (bicyclic) bond motifs is 2. The maximum absolute atomic E-state index is 12.8. The number of carbonyl (C=O) groups is 1. The van der Waals surface area contributed by atoms with Crippen LogP contribution in [0.3, 0.4) is 0 Å². The van der Waals surface area contributed by atoms with Gasteiger partial charge >= 0.3 is 0 Å². The SMILES string of the molecule is O=C(CCc1cc2nc(-c3cccc4[nH]ncc34)nc(N3CCOCC3)c2s1)N1CCN(S(=O)O)CC1. The molecule has 4 aromatic rings. The number of hydrogen-bond acceptors (Lipinski definition) is 8. The van der Waals surface area contributed by atoms with Gasteiger partial charge in [0.1, 0.15) is 0 Å². The second-order valence-corrected chi connectivity index (χ2v) is 11.2. The van der Waals surface area contributed by atoms with Gasteiger partial charge in [0.15, 0.2) is 11.6 Å². The first-order valence-corrected chi connectivity index (χ1v) is 14.1. The number of ether oxygens (including phenoxy) is 1. The number of amides is 1. The van der Waals surface area contributed by atoms with E-state index in [-0.39, 0.29) is 5.91 Å². The van der Waals surface area contributed by atoms with Crippen molar-refractivity contribution < 1.29 is 18.3 Å². The van der Waals surface area contributed by atoms with Crippen LogP contribution in [0, 0.1) is 0 Å². The number of rotatable bonds is 6. The molecule has 2 N–H and O–H groups in total. The Kier molecular flexibility index (Phi) is 6.86. The molecule has 1 amide bonds. The third kappa shape index (κ3) is 4.97. The number of nitrogens with zero attached hydrogens (tertiary/aromatic N) is 6. The second-order valence-electron chi connectivity index (χ2n) is 9.07. The highest BCUT2D eigenvalue weighted by molar-refractivity contribution is 7.76. The maximum Gasteiger partial charge on any atom is 0.234 e. The molecule has 0 aliphatic carbocycles. The van der Waals surface area contributed by atoms with Gasteiger partial charge in [0.2, 0.25) is 17.2 Å². The number of aromatic amines is 1. The number of nitrogens with one attached hydrogen (secondary N) is 1. The Morgan fingerprint density at radius 1 is 1.14 bits per heavy atom. The number of hydrogen-bond donors (Lipinski definition) is 2. The monoisotopic (exact) mass is 541 g/mol. The Hall–Kier alpha value is -2.97.